The highest BCUT2D eigenvalue weighted by Gasteiger charge is 2.24. The second-order valence-electron chi connectivity index (χ2n) is 16.5. The summed E-state index contributed by atoms with van der Waals surface area (Å²) in [6, 6.07) is -0.723. The molecule has 340 valence electrons. The van der Waals surface area contributed by atoms with E-state index in [9.17, 15) is 19.8 Å². The van der Waals surface area contributed by atoms with E-state index in [1.807, 2.05) is 0 Å². The number of carbonyl (C=O) groups is 2. The number of amides is 1. The van der Waals surface area contributed by atoms with Gasteiger partial charge in [-0.1, -0.05) is 203 Å². The van der Waals surface area contributed by atoms with Crippen LogP contribution in [0.3, 0.4) is 0 Å². The van der Waals surface area contributed by atoms with Crippen LogP contribution >= 0.6 is 0 Å². The molecule has 0 rings (SSSR count). The molecule has 0 bridgehead atoms. The Morgan fingerprint density at radius 3 is 1.49 bits per heavy atom. The van der Waals surface area contributed by atoms with Gasteiger partial charge in [-0.25, -0.2) is 0 Å². The molecule has 0 saturated carbocycles. The average molecular weight is 824 g/mol. The van der Waals surface area contributed by atoms with Gasteiger partial charge in [0, 0.05) is 6.42 Å². The van der Waals surface area contributed by atoms with E-state index in [0.717, 1.165) is 89.9 Å². The lowest BCUT2D eigenvalue weighted by Gasteiger charge is -2.24. The number of unbranched alkanes of at least 4 members (excludes halogenated alkanes) is 19. The smallest absolute Gasteiger partial charge is 0.306 e. The van der Waals surface area contributed by atoms with Crippen molar-refractivity contribution in [2.75, 3.05) is 6.61 Å². The van der Waals surface area contributed by atoms with Gasteiger partial charge < -0.3 is 20.3 Å². The molecule has 0 aromatic carbocycles. The third-order valence-corrected chi connectivity index (χ3v) is 10.8. The molecule has 59 heavy (non-hydrogen) atoms. The van der Waals surface area contributed by atoms with Crippen LogP contribution < -0.4 is 5.32 Å². The number of hydrogen-bond acceptors (Lipinski definition) is 5. The Morgan fingerprint density at radius 2 is 0.949 bits per heavy atom. The minimum absolute atomic E-state index is 0.0327. The van der Waals surface area contributed by atoms with Gasteiger partial charge in [-0.3, -0.25) is 9.59 Å². The summed E-state index contributed by atoms with van der Waals surface area (Å²) in [5.41, 5.74) is 0. The molecule has 0 aromatic rings. The van der Waals surface area contributed by atoms with Gasteiger partial charge >= 0.3 is 5.97 Å². The molecule has 0 saturated heterocycles. The number of esters is 1. The fourth-order valence-corrected chi connectivity index (χ4v) is 7.03. The first-order valence-corrected chi connectivity index (χ1v) is 24.7. The predicted molar refractivity (Wildman–Crippen MR) is 255 cm³/mol. The van der Waals surface area contributed by atoms with Crippen molar-refractivity contribution in [3.8, 4) is 0 Å². The molecule has 3 N–H and O–H groups in total. The van der Waals surface area contributed by atoms with Gasteiger partial charge in [0.2, 0.25) is 5.91 Å². The molecule has 0 radical (unpaired) electrons. The van der Waals surface area contributed by atoms with Gasteiger partial charge in [0.05, 0.1) is 25.2 Å². The topological polar surface area (TPSA) is 95.9 Å². The molecule has 6 nitrogen and oxygen atoms in total. The van der Waals surface area contributed by atoms with E-state index < -0.39 is 18.2 Å². The van der Waals surface area contributed by atoms with Crippen LogP contribution in [-0.2, 0) is 14.3 Å². The first-order valence-electron chi connectivity index (χ1n) is 24.7. The van der Waals surface area contributed by atoms with Crippen molar-refractivity contribution in [1.29, 1.82) is 0 Å². The minimum Gasteiger partial charge on any atom is -0.462 e. The van der Waals surface area contributed by atoms with Crippen LogP contribution in [0, 0.1) is 0 Å². The standard InChI is InChI=1S/C53H93NO5/c1-4-7-10-13-16-19-22-24-25-26-27-28-30-32-35-38-41-44-49(59-53(58)46-43-40-37-34-29-21-18-15-12-9-6-3)47-52(57)54-50(48-55)51(56)45-42-39-36-33-31-23-20-17-14-11-8-5-2/h7,10,15-16,18-19,24-25,27-28,32,35,49-51,55-56H,4-6,8-9,11-14,17,20-23,26,29-31,33-34,36-48H2,1-3H3,(H,54,57)/b10-7-,18-15-,19-16-,25-24-,28-27-,35-32-. The number of ether oxygens (including phenoxy) is 1. The number of rotatable bonds is 43. The predicted octanol–water partition coefficient (Wildman–Crippen LogP) is 14.6. The van der Waals surface area contributed by atoms with Gasteiger partial charge in [0.1, 0.15) is 6.10 Å². The molecule has 0 aliphatic carbocycles. The third-order valence-electron chi connectivity index (χ3n) is 10.8. The lowest BCUT2D eigenvalue weighted by atomic mass is 10.0. The zero-order valence-electron chi connectivity index (χ0n) is 38.6. The Kier molecular flexibility index (Phi) is 44.2. The Balaban J connectivity index is 4.72. The second kappa shape index (κ2) is 46.4. The highest BCUT2D eigenvalue weighted by Crippen LogP contribution is 2.16. The van der Waals surface area contributed by atoms with Gasteiger partial charge in [0.15, 0.2) is 0 Å². The van der Waals surface area contributed by atoms with Crippen LogP contribution in [0.5, 0.6) is 0 Å². The van der Waals surface area contributed by atoms with Crippen molar-refractivity contribution in [2.45, 2.75) is 244 Å². The zero-order chi connectivity index (χ0) is 43.1. The normalized spacial score (nSPS) is 13.9. The van der Waals surface area contributed by atoms with E-state index in [2.05, 4.69) is 99.0 Å². The third kappa shape index (κ3) is 41.8. The number of carbonyl (C=O) groups excluding carboxylic acids is 2. The van der Waals surface area contributed by atoms with Crippen molar-refractivity contribution in [3.63, 3.8) is 0 Å². The van der Waals surface area contributed by atoms with E-state index in [1.54, 1.807) is 0 Å². The summed E-state index contributed by atoms with van der Waals surface area (Å²) in [7, 11) is 0. The van der Waals surface area contributed by atoms with E-state index in [1.165, 1.54) is 89.9 Å². The van der Waals surface area contributed by atoms with Crippen LogP contribution in [0.2, 0.25) is 0 Å². The van der Waals surface area contributed by atoms with E-state index in [-0.39, 0.29) is 24.9 Å². The Labute approximate surface area is 364 Å². The van der Waals surface area contributed by atoms with Crippen molar-refractivity contribution < 1.29 is 24.5 Å². The SMILES string of the molecule is CC/C=C\C/C=C\C/C=C\C/C=C\C/C=C\CCCC(CC(=O)NC(CO)C(O)CCCCCCCCCCCCCC)OC(=O)CCCCCCC/C=C\CCCC. The van der Waals surface area contributed by atoms with Crippen molar-refractivity contribution in [2.24, 2.45) is 0 Å². The highest BCUT2D eigenvalue weighted by molar-refractivity contribution is 5.77. The first-order chi connectivity index (χ1) is 29.0. The summed E-state index contributed by atoms with van der Waals surface area (Å²) >= 11 is 0. The number of nitrogens with one attached hydrogen (secondary N) is 1. The molecular weight excluding hydrogens is 731 g/mol. The molecule has 0 aliphatic heterocycles. The summed E-state index contributed by atoms with van der Waals surface area (Å²) in [5, 5.41) is 23.7. The van der Waals surface area contributed by atoms with Gasteiger partial charge in [-0.2, -0.15) is 0 Å². The average Bonchev–Trinajstić information content (AvgIpc) is 3.23. The monoisotopic (exact) mass is 824 g/mol. The molecular formula is C53H93NO5. The molecule has 0 fully saturated rings. The van der Waals surface area contributed by atoms with Crippen LogP contribution in [0.4, 0.5) is 0 Å². The Morgan fingerprint density at radius 1 is 0.508 bits per heavy atom. The molecule has 3 unspecified atom stereocenters. The number of aliphatic hydroxyl groups is 2. The van der Waals surface area contributed by atoms with Crippen LogP contribution in [-0.4, -0.2) is 46.9 Å². The molecule has 0 aliphatic rings. The molecule has 0 spiro atoms. The number of allylic oxidation sites excluding steroid dienone is 12. The first kappa shape index (κ1) is 56.3. The zero-order valence-corrected chi connectivity index (χ0v) is 38.6. The van der Waals surface area contributed by atoms with Gasteiger partial charge in [-0.15, -0.1) is 0 Å². The molecule has 6 heteroatoms. The highest BCUT2D eigenvalue weighted by atomic mass is 16.5. The van der Waals surface area contributed by atoms with Gasteiger partial charge in [0.25, 0.3) is 0 Å². The fraction of sp³-hybridized carbons (Fsp3) is 0.736. The summed E-state index contributed by atoms with van der Waals surface area (Å²) in [4.78, 5) is 26.0. The van der Waals surface area contributed by atoms with Crippen molar-refractivity contribution >= 4 is 11.9 Å². The maximum absolute atomic E-state index is 13.2. The molecule has 1 amide bonds. The summed E-state index contributed by atoms with van der Waals surface area (Å²) < 4.78 is 5.88. The Hall–Kier alpha value is -2.70. The lowest BCUT2D eigenvalue weighted by molar-refractivity contribution is -0.151. The number of hydrogen-bond donors (Lipinski definition) is 3. The molecule has 0 aromatic heterocycles. The van der Waals surface area contributed by atoms with E-state index in [0.29, 0.717) is 19.3 Å². The van der Waals surface area contributed by atoms with Crippen LogP contribution in [0.25, 0.3) is 0 Å². The van der Waals surface area contributed by atoms with E-state index in [4.69, 9.17) is 4.74 Å². The summed E-state index contributed by atoms with van der Waals surface area (Å²) in [5.74, 6) is -0.545. The molecule has 0 heterocycles. The largest absolute Gasteiger partial charge is 0.462 e. The maximum atomic E-state index is 13.2. The van der Waals surface area contributed by atoms with Crippen molar-refractivity contribution in [1.82, 2.24) is 5.32 Å². The summed E-state index contributed by atoms with van der Waals surface area (Å²) in [6.07, 6.45) is 58.2. The van der Waals surface area contributed by atoms with Crippen molar-refractivity contribution in [3.05, 3.63) is 72.9 Å². The fourth-order valence-electron chi connectivity index (χ4n) is 7.03. The number of aliphatic hydroxyl groups excluding tert-OH is 2. The van der Waals surface area contributed by atoms with Crippen LogP contribution in [0.15, 0.2) is 72.9 Å². The summed E-state index contributed by atoms with van der Waals surface area (Å²) in [6.45, 7) is 6.30. The lowest BCUT2D eigenvalue weighted by Crippen LogP contribution is -2.46. The van der Waals surface area contributed by atoms with Gasteiger partial charge in [-0.05, 0) is 83.5 Å². The second-order valence-corrected chi connectivity index (χ2v) is 16.5. The quantitative estimate of drug-likeness (QED) is 0.0323. The maximum Gasteiger partial charge on any atom is 0.306 e. The molecule has 3 atom stereocenters. The minimum atomic E-state index is -0.805. The van der Waals surface area contributed by atoms with E-state index >= 15 is 0 Å². The van der Waals surface area contributed by atoms with Crippen LogP contribution in [0.1, 0.15) is 226 Å². The Bertz CT molecular complexity index is 1110.